The second-order valence-corrected chi connectivity index (χ2v) is 13.0. The van der Waals surface area contributed by atoms with Crippen LogP contribution in [0.4, 0.5) is 5.69 Å². The lowest BCUT2D eigenvalue weighted by Gasteiger charge is -2.25. The fraction of sp³-hybridized carbons (Fsp3) is 0.235. The van der Waals surface area contributed by atoms with Gasteiger partial charge >= 0.3 is 5.97 Å². The van der Waals surface area contributed by atoms with Crippen molar-refractivity contribution in [3.8, 4) is 11.1 Å². The molecule has 1 atom stereocenters. The lowest BCUT2D eigenvalue weighted by atomic mass is 9.93. The Bertz CT molecular complexity index is 1670. The van der Waals surface area contributed by atoms with Crippen molar-refractivity contribution in [2.75, 3.05) is 23.4 Å². The van der Waals surface area contributed by atoms with Gasteiger partial charge in [0.25, 0.3) is 15.9 Å². The van der Waals surface area contributed by atoms with E-state index in [1.54, 1.807) is 72.4 Å². The Morgan fingerprint density at radius 1 is 0.884 bits per heavy atom. The third kappa shape index (κ3) is 7.66. The zero-order valence-electron chi connectivity index (χ0n) is 24.7. The molecule has 7 nitrogen and oxygen atoms in total. The molecule has 4 aromatic rings. The highest BCUT2D eigenvalue weighted by Crippen LogP contribution is 2.31. The average molecular weight is 617 g/mol. The maximum Gasteiger partial charge on any atom is 0.328 e. The smallest absolute Gasteiger partial charge is 0.328 e. The molecule has 4 aromatic carbocycles. The lowest BCUT2D eigenvalue weighted by Crippen LogP contribution is -2.42. The summed E-state index contributed by atoms with van der Waals surface area (Å²) >= 11 is 1.58. The number of amides is 1. The molecule has 0 radical (unpaired) electrons. The van der Waals surface area contributed by atoms with Gasteiger partial charge in [-0.1, -0.05) is 66.2 Å². The van der Waals surface area contributed by atoms with Gasteiger partial charge in [-0.2, -0.15) is 11.8 Å². The van der Waals surface area contributed by atoms with E-state index >= 15 is 0 Å². The molecule has 1 amide bonds. The highest BCUT2D eigenvalue weighted by atomic mass is 32.2. The van der Waals surface area contributed by atoms with Gasteiger partial charge in [-0.25, -0.2) is 13.2 Å². The van der Waals surface area contributed by atoms with E-state index in [0.29, 0.717) is 34.6 Å². The Morgan fingerprint density at radius 3 is 2.21 bits per heavy atom. The number of nitrogens with zero attached hydrogens (tertiary/aromatic N) is 1. The number of benzene rings is 4. The first-order valence-corrected chi connectivity index (χ1v) is 16.7. The molecule has 0 fully saturated rings. The molecule has 0 heterocycles. The topological polar surface area (TPSA) is 92.8 Å². The highest BCUT2D eigenvalue weighted by molar-refractivity contribution is 7.98. The zero-order chi connectivity index (χ0) is 31.0. The number of para-hydroxylation sites is 1. The van der Waals surface area contributed by atoms with Crippen LogP contribution in [0.1, 0.15) is 33.5 Å². The molecule has 0 aromatic heterocycles. The van der Waals surface area contributed by atoms with E-state index < -0.39 is 27.9 Å². The summed E-state index contributed by atoms with van der Waals surface area (Å²) in [6.45, 7) is 3.91. The summed E-state index contributed by atoms with van der Waals surface area (Å²) in [5.74, 6) is -0.237. The second kappa shape index (κ2) is 14.4. The number of ether oxygens (including phenoxy) is 1. The van der Waals surface area contributed by atoms with E-state index in [2.05, 4.69) is 5.32 Å². The average Bonchev–Trinajstić information content (AvgIpc) is 3.02. The molecule has 1 unspecified atom stereocenters. The molecule has 0 aliphatic carbocycles. The summed E-state index contributed by atoms with van der Waals surface area (Å²) in [4.78, 5) is 26.3. The van der Waals surface area contributed by atoms with Crippen molar-refractivity contribution in [2.45, 2.75) is 37.8 Å². The molecule has 0 aliphatic rings. The van der Waals surface area contributed by atoms with Crippen LogP contribution in [-0.2, 0) is 26.1 Å². The number of methoxy groups -OCH3 is 1. The van der Waals surface area contributed by atoms with Crippen molar-refractivity contribution in [1.29, 1.82) is 0 Å². The zero-order valence-corrected chi connectivity index (χ0v) is 26.4. The first-order chi connectivity index (χ1) is 20.6. The fourth-order valence-corrected chi connectivity index (χ4v) is 6.69. The summed E-state index contributed by atoms with van der Waals surface area (Å²) < 4.78 is 34.2. The summed E-state index contributed by atoms with van der Waals surface area (Å²) in [6, 6.07) is 27.9. The van der Waals surface area contributed by atoms with Crippen LogP contribution in [-0.4, -0.2) is 45.5 Å². The van der Waals surface area contributed by atoms with Gasteiger partial charge in [0.15, 0.2) is 0 Å². The van der Waals surface area contributed by atoms with Gasteiger partial charge in [-0.15, -0.1) is 0 Å². The van der Waals surface area contributed by atoms with E-state index in [0.717, 1.165) is 16.7 Å². The van der Waals surface area contributed by atoms with Crippen LogP contribution in [0.2, 0.25) is 0 Å². The highest BCUT2D eigenvalue weighted by Gasteiger charge is 2.27. The number of hydrogen-bond donors (Lipinski definition) is 1. The molecular weight excluding hydrogens is 581 g/mol. The minimum Gasteiger partial charge on any atom is -0.467 e. The number of nitrogens with one attached hydrogen (secondary N) is 1. The van der Waals surface area contributed by atoms with Crippen molar-refractivity contribution in [3.63, 3.8) is 0 Å². The Hall–Kier alpha value is -4.08. The predicted molar refractivity (Wildman–Crippen MR) is 174 cm³/mol. The number of hydrogen-bond acceptors (Lipinski definition) is 6. The van der Waals surface area contributed by atoms with Gasteiger partial charge < -0.3 is 10.1 Å². The number of esters is 1. The maximum atomic E-state index is 13.9. The number of sulfonamides is 1. The van der Waals surface area contributed by atoms with Crippen molar-refractivity contribution in [3.05, 3.63) is 119 Å². The monoisotopic (exact) mass is 616 g/mol. The van der Waals surface area contributed by atoms with Gasteiger partial charge in [0.2, 0.25) is 0 Å². The molecule has 9 heteroatoms. The first kappa shape index (κ1) is 31.8. The summed E-state index contributed by atoms with van der Waals surface area (Å²) in [7, 11) is -2.61. The Labute approximate surface area is 258 Å². The van der Waals surface area contributed by atoms with Gasteiger partial charge in [0.1, 0.15) is 6.04 Å². The third-order valence-corrected chi connectivity index (χ3v) is 9.58. The van der Waals surface area contributed by atoms with Crippen molar-refractivity contribution >= 4 is 39.3 Å². The van der Waals surface area contributed by atoms with Crippen LogP contribution in [0.5, 0.6) is 0 Å². The summed E-state index contributed by atoms with van der Waals surface area (Å²) in [5, 5.41) is 2.85. The van der Waals surface area contributed by atoms with E-state index in [4.69, 9.17) is 4.74 Å². The maximum absolute atomic E-state index is 13.9. The summed E-state index contributed by atoms with van der Waals surface area (Å²) in [5.41, 5.74) is 4.99. The standard InChI is InChI=1S/C34H36N2O5S2/c1-24-14-17-28(18-15-24)43(39,40)36(27-11-6-5-7-12-27)23-26-16-19-30(31(22-26)29-13-9-8-10-25(29)2)33(37)35-32(20-21-42-4)34(38)41-3/h5-19,22,32H,20-21,23H2,1-4H3,(H,35,37). The fourth-order valence-electron chi connectivity index (χ4n) is 4.76. The van der Waals surface area contributed by atoms with Crippen LogP contribution < -0.4 is 9.62 Å². The number of carbonyl (C=O) groups is 2. The minimum atomic E-state index is -3.92. The van der Waals surface area contributed by atoms with Crippen LogP contribution in [0.25, 0.3) is 11.1 Å². The van der Waals surface area contributed by atoms with Crippen LogP contribution in [0.15, 0.2) is 102 Å². The molecule has 43 heavy (non-hydrogen) atoms. The molecule has 0 aliphatic heterocycles. The molecule has 224 valence electrons. The minimum absolute atomic E-state index is 0.0412. The number of thioether (sulfide) groups is 1. The molecule has 0 saturated heterocycles. The van der Waals surface area contributed by atoms with Gasteiger partial charge in [0, 0.05) is 5.56 Å². The second-order valence-electron chi connectivity index (χ2n) is 10.2. The largest absolute Gasteiger partial charge is 0.467 e. The molecule has 0 bridgehead atoms. The number of carbonyl (C=O) groups excluding carboxylic acids is 2. The van der Waals surface area contributed by atoms with Crippen molar-refractivity contribution in [2.24, 2.45) is 0 Å². The Balaban J connectivity index is 1.78. The molecule has 1 N–H and O–H groups in total. The quantitative estimate of drug-likeness (QED) is 0.186. The van der Waals surface area contributed by atoms with Crippen LogP contribution in [0, 0.1) is 13.8 Å². The van der Waals surface area contributed by atoms with E-state index in [1.165, 1.54) is 11.4 Å². The van der Waals surface area contributed by atoms with Gasteiger partial charge in [-0.3, -0.25) is 9.10 Å². The molecular formula is C34H36N2O5S2. The van der Waals surface area contributed by atoms with Crippen LogP contribution >= 0.6 is 11.8 Å². The van der Waals surface area contributed by atoms with Crippen molar-refractivity contribution in [1.82, 2.24) is 5.32 Å². The van der Waals surface area contributed by atoms with Crippen molar-refractivity contribution < 1.29 is 22.7 Å². The number of aryl methyl sites for hydroxylation is 2. The first-order valence-electron chi connectivity index (χ1n) is 13.9. The van der Waals surface area contributed by atoms with E-state index in [1.807, 2.05) is 56.5 Å². The van der Waals surface area contributed by atoms with Gasteiger partial charge in [0.05, 0.1) is 24.2 Å². The molecule has 0 spiro atoms. The summed E-state index contributed by atoms with van der Waals surface area (Å²) in [6.07, 6.45) is 2.36. The SMILES string of the molecule is COC(=O)C(CCSC)NC(=O)c1ccc(CN(c2ccccc2)S(=O)(=O)c2ccc(C)cc2)cc1-c1ccccc1C. The number of anilines is 1. The van der Waals surface area contributed by atoms with E-state index in [9.17, 15) is 18.0 Å². The Kier molecular flexibility index (Phi) is 10.7. The van der Waals surface area contributed by atoms with Gasteiger partial charge in [-0.05, 0) is 90.9 Å². The predicted octanol–water partition coefficient (Wildman–Crippen LogP) is 6.39. The van der Waals surface area contributed by atoms with Crippen LogP contribution in [0.3, 0.4) is 0 Å². The molecule has 0 saturated carbocycles. The third-order valence-electron chi connectivity index (χ3n) is 7.14. The Morgan fingerprint density at radius 2 is 1.56 bits per heavy atom. The lowest BCUT2D eigenvalue weighted by molar-refractivity contribution is -0.142. The van der Waals surface area contributed by atoms with E-state index in [-0.39, 0.29) is 11.4 Å². The normalized spacial score (nSPS) is 11.9. The number of rotatable bonds is 12. The molecule has 4 rings (SSSR count).